The van der Waals surface area contributed by atoms with Crippen molar-refractivity contribution in [3.8, 4) is 22.9 Å². The van der Waals surface area contributed by atoms with E-state index in [9.17, 15) is 4.79 Å². The van der Waals surface area contributed by atoms with Gasteiger partial charge in [0.05, 0.1) is 32.4 Å². The molecule has 1 unspecified atom stereocenters. The van der Waals surface area contributed by atoms with Crippen molar-refractivity contribution in [2.75, 3.05) is 14.2 Å². The summed E-state index contributed by atoms with van der Waals surface area (Å²) in [6.45, 7) is 4.38. The van der Waals surface area contributed by atoms with Crippen LogP contribution in [0.4, 0.5) is 4.79 Å². The van der Waals surface area contributed by atoms with Gasteiger partial charge in [0.15, 0.2) is 11.5 Å². The van der Waals surface area contributed by atoms with E-state index < -0.39 is 6.04 Å². The average molecular weight is 497 g/mol. The van der Waals surface area contributed by atoms with E-state index in [4.69, 9.17) is 19.0 Å². The number of allylic oxidation sites excluding steroid dienone is 1. The number of carbonyl (C=O) groups excluding carboxylic acids is 1. The molecule has 0 aliphatic carbocycles. The van der Waals surface area contributed by atoms with E-state index in [0.717, 1.165) is 33.5 Å². The monoisotopic (exact) mass is 496 g/mol. The van der Waals surface area contributed by atoms with Gasteiger partial charge in [-0.3, -0.25) is 4.90 Å². The van der Waals surface area contributed by atoms with Crippen molar-refractivity contribution < 1.29 is 18.8 Å². The van der Waals surface area contributed by atoms with Crippen LogP contribution in [0.25, 0.3) is 17.0 Å². The number of aromatic nitrogens is 2. The molecule has 37 heavy (non-hydrogen) atoms. The molecule has 1 N–H and O–H groups in total. The maximum absolute atomic E-state index is 13.3. The van der Waals surface area contributed by atoms with E-state index in [-0.39, 0.29) is 6.03 Å². The average Bonchev–Trinajstić information content (AvgIpc) is 3.41. The summed E-state index contributed by atoms with van der Waals surface area (Å²) in [7, 11) is 3.17. The Kier molecular flexibility index (Phi) is 6.64. The third-order valence-corrected chi connectivity index (χ3v) is 6.62. The number of ether oxygens (including phenoxy) is 2. The number of hydrogen-bond acceptors (Lipinski definition) is 6. The van der Waals surface area contributed by atoms with Gasteiger partial charge in [-0.05, 0) is 48.7 Å². The topological polar surface area (TPSA) is 89.7 Å². The van der Waals surface area contributed by atoms with Crippen LogP contribution in [0.15, 0.2) is 83.0 Å². The number of nitrogens with one attached hydrogen (secondary N) is 1. The number of rotatable bonds is 7. The Morgan fingerprint density at radius 2 is 1.68 bits per heavy atom. The Bertz CT molecular complexity index is 1460. The summed E-state index contributed by atoms with van der Waals surface area (Å²) in [6, 6.07) is 22.6. The molecular weight excluding hydrogens is 468 g/mol. The molecular formula is C29H28N4O4. The van der Waals surface area contributed by atoms with Crippen molar-refractivity contribution in [2.24, 2.45) is 0 Å². The molecule has 1 aliphatic heterocycles. The second kappa shape index (κ2) is 10.2. The van der Waals surface area contributed by atoms with Gasteiger partial charge >= 0.3 is 6.03 Å². The van der Waals surface area contributed by atoms with Crippen molar-refractivity contribution in [2.45, 2.75) is 26.4 Å². The number of urea groups is 1. The van der Waals surface area contributed by atoms with E-state index in [1.807, 2.05) is 74.5 Å². The zero-order chi connectivity index (χ0) is 25.9. The fourth-order valence-electron chi connectivity index (χ4n) is 4.53. The summed E-state index contributed by atoms with van der Waals surface area (Å²) in [6.07, 6.45) is 0. The minimum atomic E-state index is -0.444. The summed E-state index contributed by atoms with van der Waals surface area (Å²) < 4.78 is 16.6. The normalized spacial score (nSPS) is 15.5. The van der Waals surface area contributed by atoms with Crippen molar-refractivity contribution >= 4 is 11.6 Å². The quantitative estimate of drug-likeness (QED) is 0.350. The Hall–Kier alpha value is -4.59. The molecule has 2 heterocycles. The minimum absolute atomic E-state index is 0.182. The summed E-state index contributed by atoms with van der Waals surface area (Å²) in [5.41, 5.74) is 5.32. The molecule has 0 radical (unpaired) electrons. The standard InChI is InChI=1S/C29H28N4O4/c1-18-10-8-9-13-22(18)17-33-19(2)25(26(30-29(33)34)20-11-6-5-7-12-20)28-31-27(32-37-28)21-14-15-23(35-3)24(16-21)36-4/h5-16,26H,17H2,1-4H3,(H,30,34). The van der Waals surface area contributed by atoms with Gasteiger partial charge < -0.3 is 19.3 Å². The first-order chi connectivity index (χ1) is 18.0. The first-order valence-electron chi connectivity index (χ1n) is 11.9. The molecule has 8 nitrogen and oxygen atoms in total. The first kappa shape index (κ1) is 24.1. The molecule has 1 aromatic heterocycles. The van der Waals surface area contributed by atoms with Gasteiger partial charge in [0.25, 0.3) is 5.89 Å². The Balaban J connectivity index is 1.59. The second-order valence-corrected chi connectivity index (χ2v) is 8.80. The van der Waals surface area contributed by atoms with Gasteiger partial charge in [-0.15, -0.1) is 0 Å². The summed E-state index contributed by atoms with van der Waals surface area (Å²) >= 11 is 0. The van der Waals surface area contributed by atoms with Crippen LogP contribution in [0.5, 0.6) is 11.5 Å². The largest absolute Gasteiger partial charge is 0.493 e. The highest BCUT2D eigenvalue weighted by molar-refractivity contribution is 5.87. The van der Waals surface area contributed by atoms with Crippen LogP contribution in [0.2, 0.25) is 0 Å². The molecule has 4 aromatic rings. The van der Waals surface area contributed by atoms with E-state index in [1.54, 1.807) is 31.3 Å². The Labute approximate surface area is 215 Å². The molecule has 1 atom stereocenters. The lowest BCUT2D eigenvalue weighted by molar-refractivity contribution is 0.203. The van der Waals surface area contributed by atoms with Crippen LogP contribution in [0.3, 0.4) is 0 Å². The van der Waals surface area contributed by atoms with Gasteiger partial charge in [-0.2, -0.15) is 4.98 Å². The van der Waals surface area contributed by atoms with Crippen molar-refractivity contribution in [3.63, 3.8) is 0 Å². The van der Waals surface area contributed by atoms with Crippen molar-refractivity contribution in [3.05, 3.63) is 101 Å². The number of carbonyl (C=O) groups is 1. The number of aryl methyl sites for hydroxylation is 1. The number of amides is 2. The molecule has 0 spiro atoms. The van der Waals surface area contributed by atoms with Gasteiger partial charge in [0.2, 0.25) is 5.82 Å². The highest BCUT2D eigenvalue weighted by Gasteiger charge is 2.36. The highest BCUT2D eigenvalue weighted by Crippen LogP contribution is 2.38. The molecule has 0 saturated heterocycles. The third-order valence-electron chi connectivity index (χ3n) is 6.62. The molecule has 0 saturated carbocycles. The molecule has 188 valence electrons. The van der Waals surface area contributed by atoms with Crippen LogP contribution in [0, 0.1) is 6.92 Å². The van der Waals surface area contributed by atoms with E-state index in [2.05, 4.69) is 10.5 Å². The fourth-order valence-corrected chi connectivity index (χ4v) is 4.53. The predicted molar refractivity (Wildman–Crippen MR) is 140 cm³/mol. The lowest BCUT2D eigenvalue weighted by Crippen LogP contribution is -2.45. The summed E-state index contributed by atoms with van der Waals surface area (Å²) in [5, 5.41) is 7.40. The number of methoxy groups -OCH3 is 2. The van der Waals surface area contributed by atoms with Crippen molar-refractivity contribution in [1.29, 1.82) is 0 Å². The van der Waals surface area contributed by atoms with Crippen LogP contribution >= 0.6 is 0 Å². The molecule has 2 amide bonds. The zero-order valence-electron chi connectivity index (χ0n) is 21.2. The maximum Gasteiger partial charge on any atom is 0.322 e. The number of benzene rings is 3. The molecule has 1 aliphatic rings. The first-order valence-corrected chi connectivity index (χ1v) is 11.9. The predicted octanol–water partition coefficient (Wildman–Crippen LogP) is 5.76. The fraction of sp³-hybridized carbons (Fsp3) is 0.207. The van der Waals surface area contributed by atoms with E-state index >= 15 is 0 Å². The minimum Gasteiger partial charge on any atom is -0.493 e. The Morgan fingerprint density at radius 3 is 2.41 bits per heavy atom. The lowest BCUT2D eigenvalue weighted by atomic mass is 9.94. The number of nitrogens with zero attached hydrogens (tertiary/aromatic N) is 3. The van der Waals surface area contributed by atoms with Crippen LogP contribution in [-0.2, 0) is 6.54 Å². The zero-order valence-corrected chi connectivity index (χ0v) is 21.2. The molecule has 8 heteroatoms. The molecule has 0 bridgehead atoms. The van der Waals surface area contributed by atoms with Gasteiger partial charge in [0.1, 0.15) is 0 Å². The van der Waals surface area contributed by atoms with Crippen LogP contribution < -0.4 is 14.8 Å². The summed E-state index contributed by atoms with van der Waals surface area (Å²) in [5.74, 6) is 1.93. The van der Waals surface area contributed by atoms with Crippen LogP contribution in [-0.4, -0.2) is 35.3 Å². The molecule has 0 fully saturated rings. The second-order valence-electron chi connectivity index (χ2n) is 8.80. The number of hydrogen-bond donors (Lipinski definition) is 1. The van der Waals surface area contributed by atoms with E-state index in [0.29, 0.717) is 29.8 Å². The third kappa shape index (κ3) is 4.65. The van der Waals surface area contributed by atoms with Gasteiger partial charge in [-0.25, -0.2) is 4.79 Å². The summed E-state index contributed by atoms with van der Waals surface area (Å²) in [4.78, 5) is 19.8. The van der Waals surface area contributed by atoms with Gasteiger partial charge in [-0.1, -0.05) is 59.8 Å². The van der Waals surface area contributed by atoms with E-state index in [1.165, 1.54) is 0 Å². The molecule has 5 rings (SSSR count). The molecule has 3 aromatic carbocycles. The maximum atomic E-state index is 13.3. The van der Waals surface area contributed by atoms with Gasteiger partial charge in [0, 0.05) is 11.3 Å². The lowest BCUT2D eigenvalue weighted by Gasteiger charge is -2.35. The van der Waals surface area contributed by atoms with Crippen LogP contribution in [0.1, 0.15) is 35.5 Å². The SMILES string of the molecule is COc1ccc(-c2noc(C3=C(C)N(Cc4ccccc4C)C(=O)NC3c3ccccc3)n2)cc1OC. The van der Waals surface area contributed by atoms with Crippen molar-refractivity contribution in [1.82, 2.24) is 20.4 Å². The smallest absolute Gasteiger partial charge is 0.322 e. The Morgan fingerprint density at radius 1 is 0.946 bits per heavy atom. The highest BCUT2D eigenvalue weighted by atomic mass is 16.5.